The first-order valence-electron chi connectivity index (χ1n) is 13.4. The molecule has 1 N–H and O–H groups in total. The summed E-state index contributed by atoms with van der Waals surface area (Å²) in [6.07, 6.45) is 8.28. The average molecular weight is 496 g/mol. The van der Waals surface area contributed by atoms with Gasteiger partial charge in [-0.05, 0) is 43.6 Å². The lowest BCUT2D eigenvalue weighted by molar-refractivity contribution is -0.146. The number of aliphatic hydroxyl groups is 1. The van der Waals surface area contributed by atoms with E-state index in [0.29, 0.717) is 52.2 Å². The zero-order valence-corrected chi connectivity index (χ0v) is 20.9. The third-order valence-corrected chi connectivity index (χ3v) is 8.26. The molecule has 5 rings (SSSR count). The summed E-state index contributed by atoms with van der Waals surface area (Å²) in [5.41, 5.74) is 0.903. The minimum Gasteiger partial charge on any atom is -0.489 e. The second kappa shape index (κ2) is 11.0. The highest BCUT2D eigenvalue weighted by Crippen LogP contribution is 2.32. The van der Waals surface area contributed by atoms with Crippen molar-refractivity contribution in [3.8, 4) is 5.75 Å². The van der Waals surface area contributed by atoms with Crippen molar-refractivity contribution in [2.24, 2.45) is 17.8 Å². The van der Waals surface area contributed by atoms with Gasteiger partial charge in [-0.15, -0.1) is 0 Å². The maximum absolute atomic E-state index is 13.4. The van der Waals surface area contributed by atoms with Gasteiger partial charge in [0, 0.05) is 50.6 Å². The van der Waals surface area contributed by atoms with Crippen molar-refractivity contribution >= 4 is 17.7 Å². The molecule has 1 aliphatic carbocycles. The molecule has 3 aliphatic heterocycles. The van der Waals surface area contributed by atoms with Gasteiger partial charge < -0.3 is 24.5 Å². The predicted molar refractivity (Wildman–Crippen MR) is 134 cm³/mol. The van der Waals surface area contributed by atoms with Crippen molar-refractivity contribution in [1.29, 1.82) is 0 Å². The number of ether oxygens (including phenoxy) is 1. The van der Waals surface area contributed by atoms with Crippen molar-refractivity contribution in [3.05, 3.63) is 42.0 Å². The number of hydrogen-bond acceptors (Lipinski definition) is 5. The maximum Gasteiger partial charge on any atom is 0.242 e. The van der Waals surface area contributed by atoms with Crippen LogP contribution < -0.4 is 4.74 Å². The molecule has 2 saturated heterocycles. The second-order valence-electron chi connectivity index (χ2n) is 10.7. The monoisotopic (exact) mass is 495 g/mol. The van der Waals surface area contributed by atoms with E-state index in [2.05, 4.69) is 6.08 Å². The van der Waals surface area contributed by atoms with Crippen molar-refractivity contribution in [1.82, 2.24) is 14.7 Å². The number of likely N-dealkylation sites (tertiary alicyclic amines) is 1. The van der Waals surface area contributed by atoms with E-state index in [1.807, 2.05) is 35.2 Å². The molecule has 3 fully saturated rings. The highest BCUT2D eigenvalue weighted by Gasteiger charge is 2.36. The molecular formula is C28H37N3O5. The lowest BCUT2D eigenvalue weighted by Gasteiger charge is -2.39. The number of benzene rings is 1. The van der Waals surface area contributed by atoms with Gasteiger partial charge in [0.05, 0.1) is 6.10 Å². The van der Waals surface area contributed by atoms with E-state index in [9.17, 15) is 19.5 Å². The molecule has 194 valence electrons. The Kier molecular flexibility index (Phi) is 7.60. The maximum atomic E-state index is 13.4. The number of rotatable bonds is 3. The van der Waals surface area contributed by atoms with Crippen molar-refractivity contribution in [3.63, 3.8) is 0 Å². The van der Waals surface area contributed by atoms with Crippen LogP contribution in [0.5, 0.6) is 5.75 Å². The smallest absolute Gasteiger partial charge is 0.242 e. The number of para-hydroxylation sites is 1. The number of fused-ring (bicyclic) bond motifs is 3. The van der Waals surface area contributed by atoms with E-state index in [1.165, 1.54) is 0 Å². The van der Waals surface area contributed by atoms with Gasteiger partial charge in [-0.25, -0.2) is 0 Å². The van der Waals surface area contributed by atoms with Crippen LogP contribution in [0, 0.1) is 17.8 Å². The fraction of sp³-hybridized carbons (Fsp3) is 0.607. The van der Waals surface area contributed by atoms with E-state index in [4.69, 9.17) is 4.74 Å². The van der Waals surface area contributed by atoms with Gasteiger partial charge in [0.15, 0.2) is 0 Å². The van der Waals surface area contributed by atoms with E-state index in [1.54, 1.807) is 9.80 Å². The standard InChI is InChI=1S/C28H37N3O5/c32-24-11-13-30(18-24)26(33)15-21-10-12-29-16-22(21)8-4-14-36-25-9-2-1-5-23(25)17-31(19-27(29)34)28(35)20-6-3-7-20/h1-2,4-5,8-9,20-22,24,32H,3,6-7,10-19H2/b8-4+/t21-,22-,24+/m0/s1. The summed E-state index contributed by atoms with van der Waals surface area (Å²) in [7, 11) is 0. The minimum absolute atomic E-state index is 0.0110. The number of amides is 3. The highest BCUT2D eigenvalue weighted by molar-refractivity contribution is 5.86. The van der Waals surface area contributed by atoms with Gasteiger partial charge >= 0.3 is 0 Å². The molecule has 3 atom stereocenters. The van der Waals surface area contributed by atoms with Crippen LogP contribution in [0.25, 0.3) is 0 Å². The zero-order chi connectivity index (χ0) is 25.1. The van der Waals surface area contributed by atoms with Crippen molar-refractivity contribution < 1.29 is 24.2 Å². The Morgan fingerprint density at radius 3 is 2.58 bits per heavy atom. The molecule has 0 spiro atoms. The third kappa shape index (κ3) is 5.59. The van der Waals surface area contributed by atoms with Crippen molar-refractivity contribution in [2.45, 2.75) is 51.2 Å². The Morgan fingerprint density at radius 1 is 1.00 bits per heavy atom. The molecule has 8 nitrogen and oxygen atoms in total. The number of piperidine rings is 1. The third-order valence-electron chi connectivity index (χ3n) is 8.26. The van der Waals surface area contributed by atoms with Crippen molar-refractivity contribution in [2.75, 3.05) is 39.3 Å². The van der Waals surface area contributed by atoms with Gasteiger partial charge in [0.2, 0.25) is 17.7 Å². The van der Waals surface area contributed by atoms with Gasteiger partial charge in [-0.1, -0.05) is 36.8 Å². The van der Waals surface area contributed by atoms with E-state index >= 15 is 0 Å². The summed E-state index contributed by atoms with van der Waals surface area (Å²) in [6, 6.07) is 7.71. The van der Waals surface area contributed by atoms with Crippen LogP contribution >= 0.6 is 0 Å². The topological polar surface area (TPSA) is 90.4 Å². The molecule has 1 aromatic carbocycles. The first-order chi connectivity index (χ1) is 17.5. The van der Waals surface area contributed by atoms with Gasteiger partial charge in [0.25, 0.3) is 0 Å². The van der Waals surface area contributed by atoms with Gasteiger partial charge in [-0.3, -0.25) is 14.4 Å². The molecule has 2 bridgehead atoms. The zero-order valence-electron chi connectivity index (χ0n) is 20.9. The lowest BCUT2D eigenvalue weighted by atomic mass is 9.82. The molecule has 1 saturated carbocycles. The summed E-state index contributed by atoms with van der Waals surface area (Å²) in [5.74, 6) is 0.999. The lowest BCUT2D eigenvalue weighted by Crippen LogP contribution is -2.50. The molecule has 3 amide bonds. The molecule has 3 heterocycles. The summed E-state index contributed by atoms with van der Waals surface area (Å²) < 4.78 is 6.08. The van der Waals surface area contributed by atoms with Crippen LogP contribution in [0.3, 0.4) is 0 Å². The first kappa shape index (κ1) is 24.8. The van der Waals surface area contributed by atoms with Crippen LogP contribution in [-0.4, -0.2) is 83.0 Å². The molecule has 4 aliphatic rings. The predicted octanol–water partition coefficient (Wildman–Crippen LogP) is 2.21. The number of aliphatic hydroxyl groups excluding tert-OH is 1. The number of nitrogens with zero attached hydrogens (tertiary/aromatic N) is 3. The number of hydrogen-bond donors (Lipinski definition) is 1. The largest absolute Gasteiger partial charge is 0.489 e. The number of carbonyl (C=O) groups excluding carboxylic acids is 3. The van der Waals surface area contributed by atoms with Crippen LogP contribution in [0.2, 0.25) is 0 Å². The van der Waals surface area contributed by atoms with Gasteiger partial charge in [-0.2, -0.15) is 0 Å². The van der Waals surface area contributed by atoms with E-state index in [0.717, 1.165) is 37.0 Å². The first-order valence-corrected chi connectivity index (χ1v) is 13.4. The average Bonchev–Trinajstić information content (AvgIpc) is 3.28. The molecule has 8 heteroatoms. The molecule has 0 radical (unpaired) electrons. The Balaban J connectivity index is 1.34. The van der Waals surface area contributed by atoms with Crippen LogP contribution in [0.1, 0.15) is 44.1 Å². The van der Waals surface area contributed by atoms with Crippen LogP contribution in [0.4, 0.5) is 0 Å². The Labute approximate surface area is 212 Å². The summed E-state index contributed by atoms with van der Waals surface area (Å²) >= 11 is 0. The molecule has 0 unspecified atom stereocenters. The van der Waals surface area contributed by atoms with Crippen LogP contribution in [-0.2, 0) is 20.9 Å². The van der Waals surface area contributed by atoms with E-state index < -0.39 is 6.10 Å². The van der Waals surface area contributed by atoms with Gasteiger partial charge in [0.1, 0.15) is 18.9 Å². The fourth-order valence-corrected chi connectivity index (χ4v) is 5.79. The minimum atomic E-state index is -0.427. The van der Waals surface area contributed by atoms with E-state index in [-0.39, 0.29) is 42.0 Å². The quantitative estimate of drug-likeness (QED) is 0.650. The Hall–Kier alpha value is -2.87. The fourth-order valence-electron chi connectivity index (χ4n) is 5.79. The number of β-amino-alcohol motifs (C(OH)–C–C–N with tert-alkyl or cyclic N) is 1. The van der Waals surface area contributed by atoms with Crippen LogP contribution in [0.15, 0.2) is 36.4 Å². The summed E-state index contributed by atoms with van der Waals surface area (Å²) in [6.45, 7) is 2.95. The second-order valence-corrected chi connectivity index (χ2v) is 10.7. The Morgan fingerprint density at radius 2 is 1.83 bits per heavy atom. The molecule has 0 aromatic heterocycles. The SMILES string of the molecule is O=C(C[C@@H]1CCN2C[C@@H]1/C=C/COc1ccccc1CN(C(=O)C1CCC1)CC2=O)N1CC[C@@H](O)C1. The summed E-state index contributed by atoms with van der Waals surface area (Å²) in [5, 5.41) is 9.82. The summed E-state index contributed by atoms with van der Waals surface area (Å²) in [4.78, 5) is 44.9. The Bertz CT molecular complexity index is 1010. The highest BCUT2D eigenvalue weighted by atomic mass is 16.5. The molecule has 36 heavy (non-hydrogen) atoms. The molecule has 1 aromatic rings. The number of carbonyl (C=O) groups is 3. The normalized spacial score (nSPS) is 28.2. The molecular weight excluding hydrogens is 458 g/mol.